The highest BCUT2D eigenvalue weighted by atomic mass is 32.1. The number of rotatable bonds is 8. The minimum absolute atomic E-state index is 0. The minimum Gasteiger partial charge on any atom is -0.492 e. The molecule has 0 spiro atoms. The number of thiazole rings is 1. The fourth-order valence-corrected chi connectivity index (χ4v) is 4.32. The molecule has 0 bridgehead atoms. The summed E-state index contributed by atoms with van der Waals surface area (Å²) in [7, 11) is 0. The van der Waals surface area contributed by atoms with Crippen LogP contribution in [0.1, 0.15) is 40.0 Å². The molecule has 12 heteroatoms. The van der Waals surface area contributed by atoms with E-state index in [0.29, 0.717) is 63.5 Å². The van der Waals surface area contributed by atoms with Gasteiger partial charge in [-0.25, -0.2) is 9.97 Å². The third kappa shape index (κ3) is 8.76. The van der Waals surface area contributed by atoms with Crippen LogP contribution in [0.5, 0.6) is 10.8 Å². The molecule has 0 atom stereocenters. The number of pyridine rings is 2. The Morgan fingerprint density at radius 3 is 2.49 bits per heavy atom. The second kappa shape index (κ2) is 16.1. The molecule has 11 nitrogen and oxygen atoms in total. The molecule has 5 aromatic rings. The smallest absolute Gasteiger partial charge is 0.299 e. The van der Waals surface area contributed by atoms with Gasteiger partial charge in [0, 0.05) is 29.1 Å². The molecule has 0 fully saturated rings. The van der Waals surface area contributed by atoms with Crippen LogP contribution in [0.15, 0.2) is 61.1 Å². The molecule has 0 saturated heterocycles. The van der Waals surface area contributed by atoms with Crippen LogP contribution in [0.3, 0.4) is 0 Å². The van der Waals surface area contributed by atoms with E-state index in [2.05, 4.69) is 41.0 Å². The van der Waals surface area contributed by atoms with Gasteiger partial charge in [-0.3, -0.25) is 14.9 Å². The predicted octanol–water partition coefficient (Wildman–Crippen LogP) is 7.31. The van der Waals surface area contributed by atoms with Gasteiger partial charge in [-0.1, -0.05) is 46.6 Å². The van der Waals surface area contributed by atoms with Gasteiger partial charge in [0.15, 0.2) is 11.6 Å². The standard InChI is InChI=1S/C16H16N2O3S.C13H8N6.2CH4/c1-10(2)8-20-14-5-4-12(6-13(14)7-17)15-18-11(3)16(22-15)21-9-19;1-14-11-8-10(4-7-16-11)13-17-12(18-19-13)9-2-5-15-6-3-9;;/h4-6,9-10H,8H2,1-3H3;2-8H,(H,17,18,19);2*1H4. The number of hydrogen-bond donors (Lipinski definition) is 1. The summed E-state index contributed by atoms with van der Waals surface area (Å²) in [6.07, 6.45) is 4.97. The van der Waals surface area contributed by atoms with E-state index in [1.807, 2.05) is 32.0 Å². The molecule has 1 aromatic carbocycles. The number of nitrogens with zero attached hydrogens (tertiary/aromatic N) is 7. The Bertz CT molecular complexity index is 1720. The van der Waals surface area contributed by atoms with Crippen molar-refractivity contribution >= 4 is 23.6 Å². The van der Waals surface area contributed by atoms with Gasteiger partial charge in [-0.15, -0.1) is 4.98 Å². The number of aromatic amines is 1. The van der Waals surface area contributed by atoms with Crippen LogP contribution < -0.4 is 9.47 Å². The lowest BCUT2D eigenvalue weighted by Gasteiger charge is -2.10. The van der Waals surface area contributed by atoms with E-state index in [0.717, 1.165) is 16.7 Å². The van der Waals surface area contributed by atoms with Crippen molar-refractivity contribution in [1.82, 2.24) is 30.1 Å². The summed E-state index contributed by atoms with van der Waals surface area (Å²) in [6, 6.07) is 14.6. The van der Waals surface area contributed by atoms with Crippen molar-refractivity contribution in [2.75, 3.05) is 6.61 Å². The second-order valence-electron chi connectivity index (χ2n) is 8.89. The molecule has 0 unspecified atom stereocenters. The summed E-state index contributed by atoms with van der Waals surface area (Å²) in [5.74, 6) is 2.49. The van der Waals surface area contributed by atoms with Crippen molar-refractivity contribution in [3.8, 4) is 50.2 Å². The van der Waals surface area contributed by atoms with Gasteiger partial charge in [0.05, 0.1) is 17.9 Å². The summed E-state index contributed by atoms with van der Waals surface area (Å²) in [5, 5.41) is 17.5. The van der Waals surface area contributed by atoms with E-state index in [-0.39, 0.29) is 14.9 Å². The maximum Gasteiger partial charge on any atom is 0.299 e. The lowest BCUT2D eigenvalue weighted by molar-refractivity contribution is -0.120. The van der Waals surface area contributed by atoms with Crippen molar-refractivity contribution in [1.29, 1.82) is 5.26 Å². The molecule has 0 radical (unpaired) electrons. The molecule has 220 valence electrons. The van der Waals surface area contributed by atoms with Crippen LogP contribution in [-0.2, 0) is 4.79 Å². The number of ether oxygens (including phenoxy) is 2. The molecule has 43 heavy (non-hydrogen) atoms. The van der Waals surface area contributed by atoms with Gasteiger partial charge >= 0.3 is 0 Å². The molecule has 0 aliphatic heterocycles. The number of hydrogen-bond acceptors (Lipinski definition) is 10. The first-order chi connectivity index (χ1) is 19.9. The quantitative estimate of drug-likeness (QED) is 0.144. The van der Waals surface area contributed by atoms with Crippen molar-refractivity contribution in [3.63, 3.8) is 0 Å². The predicted molar refractivity (Wildman–Crippen MR) is 167 cm³/mol. The number of aromatic nitrogens is 6. The number of carbonyl (C=O) groups is 1. The fourth-order valence-electron chi connectivity index (χ4n) is 3.44. The molecule has 1 N–H and O–H groups in total. The maximum atomic E-state index is 10.4. The number of carbonyl (C=O) groups excluding carboxylic acids is 1. The Kier molecular flexibility index (Phi) is 12.6. The average Bonchev–Trinajstić information content (AvgIpc) is 3.64. The topological polar surface area (TPSA) is 144 Å². The largest absolute Gasteiger partial charge is 0.492 e. The summed E-state index contributed by atoms with van der Waals surface area (Å²) in [4.78, 5) is 30.4. The highest BCUT2D eigenvalue weighted by molar-refractivity contribution is 7.17. The zero-order valence-electron chi connectivity index (χ0n) is 22.4. The molecule has 0 amide bonds. The van der Waals surface area contributed by atoms with E-state index in [4.69, 9.17) is 16.0 Å². The Morgan fingerprint density at radius 2 is 1.81 bits per heavy atom. The average molecular weight is 597 g/mol. The van der Waals surface area contributed by atoms with Crippen molar-refractivity contribution in [2.24, 2.45) is 5.92 Å². The van der Waals surface area contributed by atoms with Gasteiger partial charge in [-0.2, -0.15) is 10.4 Å². The normalized spacial score (nSPS) is 9.72. The molecule has 0 aliphatic carbocycles. The van der Waals surface area contributed by atoms with Gasteiger partial charge < -0.3 is 14.3 Å². The maximum absolute atomic E-state index is 10.4. The number of nitrogens with one attached hydrogen (secondary N) is 1. The Hall–Kier alpha value is -5.46. The Balaban J connectivity index is 0.000000289. The van der Waals surface area contributed by atoms with Gasteiger partial charge in [0.1, 0.15) is 23.0 Å². The van der Waals surface area contributed by atoms with Crippen LogP contribution in [0.25, 0.3) is 38.2 Å². The second-order valence-corrected chi connectivity index (χ2v) is 9.85. The Morgan fingerprint density at radius 1 is 1.07 bits per heavy atom. The minimum atomic E-state index is 0. The lowest BCUT2D eigenvalue weighted by atomic mass is 10.1. The van der Waals surface area contributed by atoms with E-state index in [9.17, 15) is 10.1 Å². The van der Waals surface area contributed by atoms with Crippen molar-refractivity contribution < 1.29 is 14.3 Å². The molecule has 4 heterocycles. The van der Waals surface area contributed by atoms with Gasteiger partial charge in [-0.05, 0) is 55.3 Å². The highest BCUT2D eigenvalue weighted by Gasteiger charge is 2.13. The van der Waals surface area contributed by atoms with Crippen LogP contribution in [0, 0.1) is 30.7 Å². The zero-order chi connectivity index (χ0) is 29.2. The van der Waals surface area contributed by atoms with E-state index < -0.39 is 0 Å². The molecular weight excluding hydrogens is 564 g/mol. The van der Waals surface area contributed by atoms with E-state index in [1.165, 1.54) is 11.3 Å². The summed E-state index contributed by atoms with van der Waals surface area (Å²) < 4.78 is 10.5. The van der Waals surface area contributed by atoms with E-state index in [1.54, 1.807) is 49.8 Å². The van der Waals surface area contributed by atoms with Crippen LogP contribution in [-0.4, -0.2) is 43.2 Å². The number of H-pyrrole nitrogens is 1. The SMILES string of the molecule is C.C.Cc1nc(-c2ccc(OCC(C)C)c(C#N)c2)sc1OC=O.[C-]#[N+]c1cc(-c2n[nH]c(-c3ccncc3)n2)ccn1. The molecular formula is C31H32N8O3S. The third-order valence-corrected chi connectivity index (χ3v) is 6.48. The highest BCUT2D eigenvalue weighted by Crippen LogP contribution is 2.35. The zero-order valence-corrected chi connectivity index (χ0v) is 23.2. The molecule has 5 rings (SSSR count). The molecule has 0 saturated carbocycles. The van der Waals surface area contributed by atoms with Crippen LogP contribution >= 0.6 is 11.3 Å². The monoisotopic (exact) mass is 596 g/mol. The number of nitriles is 1. The first-order valence-electron chi connectivity index (χ1n) is 12.3. The van der Waals surface area contributed by atoms with Gasteiger partial charge in [0.25, 0.3) is 12.3 Å². The molecule has 0 aliphatic rings. The summed E-state index contributed by atoms with van der Waals surface area (Å²) in [5.41, 5.74) is 3.57. The van der Waals surface area contributed by atoms with Crippen LogP contribution in [0.4, 0.5) is 5.82 Å². The fraction of sp³-hybridized carbons (Fsp3) is 0.226. The molecule has 4 aromatic heterocycles. The lowest BCUT2D eigenvalue weighted by Crippen LogP contribution is -2.05. The summed E-state index contributed by atoms with van der Waals surface area (Å²) in [6.45, 7) is 13.8. The summed E-state index contributed by atoms with van der Waals surface area (Å²) >= 11 is 1.27. The number of benzene rings is 1. The van der Waals surface area contributed by atoms with Crippen LogP contribution in [0.2, 0.25) is 0 Å². The first kappa shape index (κ1) is 33.7. The first-order valence-corrected chi connectivity index (χ1v) is 13.1. The Labute approximate surface area is 255 Å². The van der Waals surface area contributed by atoms with Gasteiger partial charge in [0.2, 0.25) is 5.06 Å². The van der Waals surface area contributed by atoms with Crippen molar-refractivity contribution in [3.05, 3.63) is 83.7 Å². The van der Waals surface area contributed by atoms with E-state index >= 15 is 0 Å². The number of aryl methyl sites for hydroxylation is 1. The van der Waals surface area contributed by atoms with Crippen molar-refractivity contribution in [2.45, 2.75) is 35.6 Å². The third-order valence-electron chi connectivity index (χ3n) is 5.39.